The highest BCUT2D eigenvalue weighted by Gasteiger charge is 2.14. The first kappa shape index (κ1) is 14.0. The summed E-state index contributed by atoms with van der Waals surface area (Å²) >= 11 is 0. The van der Waals surface area contributed by atoms with E-state index in [0.717, 1.165) is 11.4 Å². The van der Waals surface area contributed by atoms with Crippen LogP contribution in [-0.4, -0.2) is 21.6 Å². The highest BCUT2D eigenvalue weighted by atomic mass is 16.6. The average molecular weight is 276 g/mol. The SMILES string of the molecule is COc1ccc(CNCc2nccn2C)cc1[N+](=O)[O-]. The normalized spacial score (nSPS) is 10.5. The van der Waals surface area contributed by atoms with E-state index < -0.39 is 4.92 Å². The number of hydrogen-bond acceptors (Lipinski definition) is 5. The highest BCUT2D eigenvalue weighted by Crippen LogP contribution is 2.27. The first-order valence-corrected chi connectivity index (χ1v) is 6.10. The van der Waals surface area contributed by atoms with E-state index in [4.69, 9.17) is 4.74 Å². The standard InChI is InChI=1S/C13H16N4O3/c1-16-6-5-15-13(16)9-14-8-10-3-4-12(20-2)11(7-10)17(18)19/h3-7,14H,8-9H2,1-2H3. The lowest BCUT2D eigenvalue weighted by Gasteiger charge is -2.07. The zero-order valence-corrected chi connectivity index (χ0v) is 11.4. The number of nitrogens with zero attached hydrogens (tertiary/aromatic N) is 3. The molecule has 0 radical (unpaired) electrons. The van der Waals surface area contributed by atoms with Gasteiger partial charge in [0, 0.05) is 32.1 Å². The molecule has 0 amide bonds. The minimum Gasteiger partial charge on any atom is -0.490 e. The summed E-state index contributed by atoms with van der Waals surface area (Å²) in [6.07, 6.45) is 3.60. The fourth-order valence-electron chi connectivity index (χ4n) is 1.87. The van der Waals surface area contributed by atoms with Crippen LogP contribution in [0.1, 0.15) is 11.4 Å². The lowest BCUT2D eigenvalue weighted by molar-refractivity contribution is -0.385. The van der Waals surface area contributed by atoms with Crippen LogP contribution in [0.3, 0.4) is 0 Å². The van der Waals surface area contributed by atoms with Gasteiger partial charge < -0.3 is 14.6 Å². The van der Waals surface area contributed by atoms with Crippen molar-refractivity contribution in [2.24, 2.45) is 7.05 Å². The second-order valence-electron chi connectivity index (χ2n) is 4.32. The van der Waals surface area contributed by atoms with E-state index in [2.05, 4.69) is 10.3 Å². The number of imidazole rings is 1. The summed E-state index contributed by atoms with van der Waals surface area (Å²) in [4.78, 5) is 14.7. The van der Waals surface area contributed by atoms with Crippen LogP contribution >= 0.6 is 0 Å². The van der Waals surface area contributed by atoms with Gasteiger partial charge in [-0.2, -0.15) is 0 Å². The molecular weight excluding hydrogens is 260 g/mol. The molecule has 1 N–H and O–H groups in total. The van der Waals surface area contributed by atoms with E-state index in [1.807, 2.05) is 17.8 Å². The molecule has 0 aliphatic heterocycles. The average Bonchev–Trinajstić information content (AvgIpc) is 2.84. The maximum Gasteiger partial charge on any atom is 0.311 e. The number of nitro groups is 1. The molecule has 0 aliphatic carbocycles. The van der Waals surface area contributed by atoms with Gasteiger partial charge in [-0.15, -0.1) is 0 Å². The third-order valence-electron chi connectivity index (χ3n) is 2.97. The summed E-state index contributed by atoms with van der Waals surface area (Å²) < 4.78 is 6.89. The summed E-state index contributed by atoms with van der Waals surface area (Å²) in [6.45, 7) is 1.13. The van der Waals surface area contributed by atoms with Crippen LogP contribution in [0.25, 0.3) is 0 Å². The molecule has 0 saturated heterocycles. The molecule has 7 nitrogen and oxygen atoms in total. The summed E-state index contributed by atoms with van der Waals surface area (Å²) in [5.41, 5.74) is 0.801. The Morgan fingerprint density at radius 2 is 2.25 bits per heavy atom. The van der Waals surface area contributed by atoms with Crippen molar-refractivity contribution < 1.29 is 9.66 Å². The van der Waals surface area contributed by atoms with Crippen LogP contribution in [0, 0.1) is 10.1 Å². The van der Waals surface area contributed by atoms with Crippen molar-refractivity contribution in [1.29, 1.82) is 0 Å². The molecule has 2 aromatic rings. The van der Waals surface area contributed by atoms with Gasteiger partial charge in [-0.3, -0.25) is 10.1 Å². The summed E-state index contributed by atoms with van der Waals surface area (Å²) in [7, 11) is 3.34. The summed E-state index contributed by atoms with van der Waals surface area (Å²) in [5.74, 6) is 1.18. The number of nitrogens with one attached hydrogen (secondary N) is 1. The largest absolute Gasteiger partial charge is 0.490 e. The van der Waals surface area contributed by atoms with Gasteiger partial charge in [-0.25, -0.2) is 4.98 Å². The molecule has 1 aromatic heterocycles. The first-order valence-electron chi connectivity index (χ1n) is 6.10. The van der Waals surface area contributed by atoms with Crippen LogP contribution < -0.4 is 10.1 Å². The molecule has 0 bridgehead atoms. The second kappa shape index (κ2) is 6.16. The smallest absolute Gasteiger partial charge is 0.311 e. The first-order chi connectivity index (χ1) is 9.61. The maximum atomic E-state index is 10.9. The van der Waals surface area contributed by atoms with Gasteiger partial charge in [0.2, 0.25) is 0 Å². The number of rotatable bonds is 6. The molecule has 1 aromatic carbocycles. The van der Waals surface area contributed by atoms with E-state index in [0.29, 0.717) is 13.1 Å². The molecule has 106 valence electrons. The van der Waals surface area contributed by atoms with E-state index in [9.17, 15) is 10.1 Å². The van der Waals surface area contributed by atoms with Crippen molar-refractivity contribution >= 4 is 5.69 Å². The Balaban J connectivity index is 2.01. The van der Waals surface area contributed by atoms with Crippen molar-refractivity contribution in [2.75, 3.05) is 7.11 Å². The number of aryl methyl sites for hydroxylation is 1. The van der Waals surface area contributed by atoms with Gasteiger partial charge in [-0.05, 0) is 11.6 Å². The van der Waals surface area contributed by atoms with Crippen molar-refractivity contribution in [3.05, 3.63) is 52.1 Å². The fourth-order valence-corrected chi connectivity index (χ4v) is 1.87. The quantitative estimate of drug-likeness (QED) is 0.640. The Kier molecular flexibility index (Phi) is 4.31. The monoisotopic (exact) mass is 276 g/mol. The van der Waals surface area contributed by atoms with Crippen molar-refractivity contribution in [3.63, 3.8) is 0 Å². The molecule has 1 heterocycles. The molecule has 0 saturated carbocycles. The minimum atomic E-state index is -0.443. The maximum absolute atomic E-state index is 10.9. The van der Waals surface area contributed by atoms with Gasteiger partial charge in [-0.1, -0.05) is 6.07 Å². The predicted molar refractivity (Wildman–Crippen MR) is 73.4 cm³/mol. The number of aromatic nitrogens is 2. The molecule has 2 rings (SSSR count). The third-order valence-corrected chi connectivity index (χ3v) is 2.97. The lowest BCUT2D eigenvalue weighted by Crippen LogP contribution is -2.15. The van der Waals surface area contributed by atoms with Crippen LogP contribution in [0.2, 0.25) is 0 Å². The van der Waals surface area contributed by atoms with E-state index in [1.165, 1.54) is 13.2 Å². The Morgan fingerprint density at radius 1 is 1.45 bits per heavy atom. The van der Waals surface area contributed by atoms with E-state index in [-0.39, 0.29) is 11.4 Å². The van der Waals surface area contributed by atoms with Gasteiger partial charge in [0.05, 0.1) is 18.6 Å². The summed E-state index contributed by atoms with van der Waals surface area (Å²) in [5, 5.41) is 14.1. The highest BCUT2D eigenvalue weighted by molar-refractivity contribution is 5.48. The number of methoxy groups -OCH3 is 1. The summed E-state index contributed by atoms with van der Waals surface area (Å²) in [6, 6.07) is 4.93. The van der Waals surface area contributed by atoms with Gasteiger partial charge >= 0.3 is 5.69 Å². The Hall–Kier alpha value is -2.41. The second-order valence-corrected chi connectivity index (χ2v) is 4.32. The fraction of sp³-hybridized carbons (Fsp3) is 0.308. The number of ether oxygens (including phenoxy) is 1. The topological polar surface area (TPSA) is 82.2 Å². The van der Waals surface area contributed by atoms with Crippen molar-refractivity contribution in [2.45, 2.75) is 13.1 Å². The number of nitro benzene ring substituents is 1. The van der Waals surface area contributed by atoms with Crippen LogP contribution in [-0.2, 0) is 20.1 Å². The Labute approximate surface area is 116 Å². The number of benzene rings is 1. The molecule has 20 heavy (non-hydrogen) atoms. The van der Waals surface area contributed by atoms with Crippen LogP contribution in [0.4, 0.5) is 5.69 Å². The molecular formula is C13H16N4O3. The zero-order chi connectivity index (χ0) is 14.5. The third kappa shape index (κ3) is 3.12. The number of hydrogen-bond donors (Lipinski definition) is 1. The molecule has 0 atom stereocenters. The predicted octanol–water partition coefficient (Wildman–Crippen LogP) is 1.63. The Bertz CT molecular complexity index is 609. The Morgan fingerprint density at radius 3 is 2.85 bits per heavy atom. The van der Waals surface area contributed by atoms with Crippen LogP contribution in [0.15, 0.2) is 30.6 Å². The molecule has 0 aliphatic rings. The molecule has 0 spiro atoms. The molecule has 7 heteroatoms. The van der Waals surface area contributed by atoms with Crippen molar-refractivity contribution in [3.8, 4) is 5.75 Å². The van der Waals surface area contributed by atoms with Gasteiger partial charge in [0.15, 0.2) is 5.75 Å². The lowest BCUT2D eigenvalue weighted by atomic mass is 10.2. The molecule has 0 unspecified atom stereocenters. The van der Waals surface area contributed by atoms with E-state index >= 15 is 0 Å². The van der Waals surface area contributed by atoms with Crippen LogP contribution in [0.5, 0.6) is 5.75 Å². The van der Waals surface area contributed by atoms with Crippen molar-refractivity contribution in [1.82, 2.24) is 14.9 Å². The van der Waals surface area contributed by atoms with E-state index in [1.54, 1.807) is 18.3 Å². The zero-order valence-electron chi connectivity index (χ0n) is 11.4. The van der Waals surface area contributed by atoms with Gasteiger partial charge in [0.1, 0.15) is 5.82 Å². The minimum absolute atomic E-state index is 0.0243. The van der Waals surface area contributed by atoms with Gasteiger partial charge in [0.25, 0.3) is 0 Å². The molecule has 0 fully saturated rings.